The molecule has 172 valence electrons. The molecule has 1 fully saturated rings. The van der Waals surface area contributed by atoms with Crippen LogP contribution >= 0.6 is 24.0 Å². The summed E-state index contributed by atoms with van der Waals surface area (Å²) >= 11 is 0. The van der Waals surface area contributed by atoms with Crippen LogP contribution in [0.25, 0.3) is 0 Å². The van der Waals surface area contributed by atoms with E-state index in [1.54, 1.807) is 14.2 Å². The third-order valence-electron chi connectivity index (χ3n) is 5.01. The predicted octanol–water partition coefficient (Wildman–Crippen LogP) is 1.81. The minimum Gasteiger partial charge on any atom is -0.493 e. The van der Waals surface area contributed by atoms with Gasteiger partial charge in [-0.05, 0) is 38.7 Å². The summed E-state index contributed by atoms with van der Waals surface area (Å²) in [5, 5.41) is 6.79. The molecule has 0 aromatic heterocycles. The molecule has 2 N–H and O–H groups in total. The molecule has 1 aromatic rings. The summed E-state index contributed by atoms with van der Waals surface area (Å²) in [6.07, 6.45) is 0. The molecule has 1 atom stereocenters. The number of ether oxygens (including phenoxy) is 3. The fraction of sp³-hybridized carbons (Fsp3) is 0.667. The Hall–Kier alpha value is -1.30. The summed E-state index contributed by atoms with van der Waals surface area (Å²) in [6.45, 7) is 9.02. The third-order valence-corrected chi connectivity index (χ3v) is 5.01. The monoisotopic (exact) mass is 535 g/mol. The van der Waals surface area contributed by atoms with Gasteiger partial charge in [0.1, 0.15) is 0 Å². The van der Waals surface area contributed by atoms with Gasteiger partial charge in [-0.1, -0.05) is 6.07 Å². The average Bonchev–Trinajstić information content (AvgIpc) is 2.74. The number of nitrogens with zero attached hydrogens (tertiary/aromatic N) is 3. The summed E-state index contributed by atoms with van der Waals surface area (Å²) in [4.78, 5) is 9.41. The van der Waals surface area contributed by atoms with E-state index in [1.165, 1.54) is 0 Å². The third kappa shape index (κ3) is 8.44. The number of aliphatic imine (C=N–C) groups is 1. The van der Waals surface area contributed by atoms with Gasteiger partial charge in [-0.25, -0.2) is 0 Å². The molecule has 1 heterocycles. The minimum absolute atomic E-state index is 0. The van der Waals surface area contributed by atoms with Gasteiger partial charge in [-0.2, -0.15) is 0 Å². The van der Waals surface area contributed by atoms with E-state index in [0.29, 0.717) is 6.54 Å². The quantitative estimate of drug-likeness (QED) is 0.269. The Balaban J connectivity index is 0.00000450. The van der Waals surface area contributed by atoms with Crippen molar-refractivity contribution in [3.63, 3.8) is 0 Å². The van der Waals surface area contributed by atoms with E-state index < -0.39 is 0 Å². The second-order valence-corrected chi connectivity index (χ2v) is 7.19. The van der Waals surface area contributed by atoms with Gasteiger partial charge in [0.25, 0.3) is 0 Å². The van der Waals surface area contributed by atoms with E-state index in [2.05, 4.69) is 47.5 Å². The number of hydrogen-bond donors (Lipinski definition) is 2. The molecular formula is C21H38IN5O3. The van der Waals surface area contributed by atoms with E-state index in [4.69, 9.17) is 19.2 Å². The number of guanidine groups is 1. The molecule has 1 aliphatic rings. The van der Waals surface area contributed by atoms with E-state index in [-0.39, 0.29) is 30.0 Å². The molecule has 0 radical (unpaired) electrons. The zero-order chi connectivity index (χ0) is 21.1. The van der Waals surface area contributed by atoms with Crippen LogP contribution in [0.4, 0.5) is 0 Å². The summed E-state index contributed by atoms with van der Waals surface area (Å²) < 4.78 is 16.2. The first kappa shape index (κ1) is 26.7. The largest absolute Gasteiger partial charge is 0.493 e. The molecule has 2 rings (SSSR count). The van der Waals surface area contributed by atoms with Crippen molar-refractivity contribution in [2.45, 2.75) is 13.0 Å². The second kappa shape index (κ2) is 14.7. The first-order valence-corrected chi connectivity index (χ1v) is 10.3. The van der Waals surface area contributed by atoms with Gasteiger partial charge in [0.2, 0.25) is 0 Å². The van der Waals surface area contributed by atoms with Crippen molar-refractivity contribution in [2.75, 3.05) is 80.8 Å². The highest BCUT2D eigenvalue weighted by Gasteiger charge is 2.17. The number of nitrogens with one attached hydrogen (secondary N) is 2. The Morgan fingerprint density at radius 3 is 2.47 bits per heavy atom. The van der Waals surface area contributed by atoms with Crippen LogP contribution < -0.4 is 20.1 Å². The second-order valence-electron chi connectivity index (χ2n) is 7.19. The van der Waals surface area contributed by atoms with Gasteiger partial charge in [0, 0.05) is 32.7 Å². The average molecular weight is 535 g/mol. The lowest BCUT2D eigenvalue weighted by molar-refractivity contribution is 0.0389. The SMILES string of the molecule is CCNC(=NCC(c1ccc(OC)c(OC)c1)N(C)C)NCCN1CCOCC1.I. The molecular weight excluding hydrogens is 497 g/mol. The lowest BCUT2D eigenvalue weighted by Gasteiger charge is -2.27. The summed E-state index contributed by atoms with van der Waals surface area (Å²) in [6, 6.07) is 6.17. The van der Waals surface area contributed by atoms with Crippen LogP contribution in [0.5, 0.6) is 11.5 Å². The normalized spacial score (nSPS) is 16.0. The molecule has 9 heteroatoms. The topological polar surface area (TPSA) is 70.6 Å². The Bertz CT molecular complexity index is 639. The molecule has 1 aromatic carbocycles. The Morgan fingerprint density at radius 1 is 1.17 bits per heavy atom. The number of benzene rings is 1. The fourth-order valence-corrected chi connectivity index (χ4v) is 3.30. The molecule has 8 nitrogen and oxygen atoms in total. The van der Waals surface area contributed by atoms with Gasteiger partial charge >= 0.3 is 0 Å². The van der Waals surface area contributed by atoms with Crippen LogP contribution in [-0.2, 0) is 4.74 Å². The van der Waals surface area contributed by atoms with Gasteiger partial charge in [-0.15, -0.1) is 24.0 Å². The van der Waals surface area contributed by atoms with Crippen molar-refractivity contribution < 1.29 is 14.2 Å². The summed E-state index contributed by atoms with van der Waals surface area (Å²) in [5.41, 5.74) is 1.14. The number of likely N-dealkylation sites (N-methyl/N-ethyl adjacent to an activating group) is 1. The molecule has 0 amide bonds. The van der Waals surface area contributed by atoms with Crippen molar-refractivity contribution >= 4 is 29.9 Å². The molecule has 0 bridgehead atoms. The smallest absolute Gasteiger partial charge is 0.191 e. The van der Waals surface area contributed by atoms with Crippen molar-refractivity contribution in [1.82, 2.24) is 20.4 Å². The predicted molar refractivity (Wildman–Crippen MR) is 133 cm³/mol. The number of methoxy groups -OCH3 is 2. The van der Waals surface area contributed by atoms with E-state index in [0.717, 1.165) is 69.0 Å². The number of hydrogen-bond acceptors (Lipinski definition) is 6. The standard InChI is InChI=1S/C21H37N5O3.HI/c1-6-22-21(23-9-10-26-11-13-29-14-12-26)24-16-18(25(2)3)17-7-8-19(27-4)20(15-17)28-5;/h7-8,15,18H,6,9-14,16H2,1-5H3,(H2,22,23,24);1H. The molecule has 1 unspecified atom stereocenters. The first-order valence-electron chi connectivity index (χ1n) is 10.3. The lowest BCUT2D eigenvalue weighted by atomic mass is 10.1. The number of morpholine rings is 1. The fourth-order valence-electron chi connectivity index (χ4n) is 3.30. The number of rotatable bonds is 10. The van der Waals surface area contributed by atoms with E-state index in [9.17, 15) is 0 Å². The Labute approximate surface area is 198 Å². The van der Waals surface area contributed by atoms with Crippen LogP contribution in [0, 0.1) is 0 Å². The van der Waals surface area contributed by atoms with E-state index in [1.807, 2.05) is 12.1 Å². The highest BCUT2D eigenvalue weighted by atomic mass is 127. The van der Waals surface area contributed by atoms with Crippen molar-refractivity contribution in [3.05, 3.63) is 23.8 Å². The van der Waals surface area contributed by atoms with Crippen LogP contribution in [0.2, 0.25) is 0 Å². The maximum atomic E-state index is 5.46. The lowest BCUT2D eigenvalue weighted by Crippen LogP contribution is -2.44. The summed E-state index contributed by atoms with van der Waals surface area (Å²) in [7, 11) is 7.44. The molecule has 30 heavy (non-hydrogen) atoms. The molecule has 0 saturated carbocycles. The van der Waals surface area contributed by atoms with Gasteiger partial charge in [-0.3, -0.25) is 9.89 Å². The molecule has 0 spiro atoms. The first-order chi connectivity index (χ1) is 14.1. The van der Waals surface area contributed by atoms with Gasteiger partial charge in [0.15, 0.2) is 17.5 Å². The minimum atomic E-state index is 0. The highest BCUT2D eigenvalue weighted by Crippen LogP contribution is 2.31. The van der Waals surface area contributed by atoms with Gasteiger partial charge < -0.3 is 29.7 Å². The van der Waals surface area contributed by atoms with Crippen LogP contribution in [0.1, 0.15) is 18.5 Å². The van der Waals surface area contributed by atoms with Crippen molar-refractivity contribution in [2.24, 2.45) is 4.99 Å². The molecule has 0 aliphatic carbocycles. The zero-order valence-corrected chi connectivity index (χ0v) is 21.3. The van der Waals surface area contributed by atoms with Crippen LogP contribution in [-0.4, -0.2) is 96.6 Å². The number of halogens is 1. The van der Waals surface area contributed by atoms with Crippen molar-refractivity contribution in [3.8, 4) is 11.5 Å². The van der Waals surface area contributed by atoms with E-state index >= 15 is 0 Å². The van der Waals surface area contributed by atoms with Crippen LogP contribution in [0.3, 0.4) is 0 Å². The Kier molecular flexibility index (Phi) is 13.1. The Morgan fingerprint density at radius 2 is 1.87 bits per heavy atom. The maximum absolute atomic E-state index is 5.46. The molecule has 1 aliphatic heterocycles. The van der Waals surface area contributed by atoms with Gasteiger partial charge in [0.05, 0.1) is 40.0 Å². The maximum Gasteiger partial charge on any atom is 0.191 e. The van der Waals surface area contributed by atoms with Crippen molar-refractivity contribution in [1.29, 1.82) is 0 Å². The zero-order valence-electron chi connectivity index (χ0n) is 18.9. The molecule has 1 saturated heterocycles. The van der Waals surface area contributed by atoms with Crippen LogP contribution in [0.15, 0.2) is 23.2 Å². The summed E-state index contributed by atoms with van der Waals surface area (Å²) in [5.74, 6) is 2.31. The highest BCUT2D eigenvalue weighted by molar-refractivity contribution is 14.0.